The van der Waals surface area contributed by atoms with Crippen LogP contribution in [0.3, 0.4) is 0 Å². The monoisotopic (exact) mass is 275 g/mol. The molecular weight excluding hydrogens is 258 g/mol. The van der Waals surface area contributed by atoms with Crippen molar-refractivity contribution in [3.05, 3.63) is 23.8 Å². The number of hydrogen-bond acceptors (Lipinski definition) is 4. The van der Waals surface area contributed by atoms with Gasteiger partial charge in [-0.25, -0.2) is 0 Å². The van der Waals surface area contributed by atoms with Gasteiger partial charge in [-0.1, -0.05) is 0 Å². The number of likely N-dealkylation sites (tertiary alicyclic amines) is 1. The fourth-order valence-corrected chi connectivity index (χ4v) is 2.45. The molecule has 106 valence electrons. The summed E-state index contributed by atoms with van der Waals surface area (Å²) in [5.74, 6) is 2.06. The van der Waals surface area contributed by atoms with Crippen LogP contribution in [0.4, 0.5) is 0 Å². The molecule has 2 heterocycles. The van der Waals surface area contributed by atoms with Gasteiger partial charge in [0.05, 0.1) is 7.11 Å². The summed E-state index contributed by atoms with van der Waals surface area (Å²) in [6, 6.07) is 3.61. The highest BCUT2D eigenvalue weighted by Gasteiger charge is 2.18. The van der Waals surface area contributed by atoms with Gasteiger partial charge in [0.25, 0.3) is 0 Å². The van der Waals surface area contributed by atoms with E-state index in [2.05, 4.69) is 0 Å². The van der Waals surface area contributed by atoms with Crippen LogP contribution >= 0.6 is 0 Å². The molecule has 2 aliphatic heterocycles. The SMILES string of the molecule is COc1cc2c(cc1C=CC(=O)N1CCCC1)OCO2. The molecule has 3 rings (SSSR count). The number of amides is 1. The molecule has 0 radical (unpaired) electrons. The van der Waals surface area contributed by atoms with E-state index < -0.39 is 0 Å². The number of carbonyl (C=O) groups excluding carboxylic acids is 1. The van der Waals surface area contributed by atoms with E-state index in [0.29, 0.717) is 17.2 Å². The molecule has 1 fully saturated rings. The van der Waals surface area contributed by atoms with Gasteiger partial charge >= 0.3 is 0 Å². The van der Waals surface area contributed by atoms with E-state index in [1.165, 1.54) is 0 Å². The van der Waals surface area contributed by atoms with E-state index in [-0.39, 0.29) is 12.7 Å². The van der Waals surface area contributed by atoms with E-state index in [4.69, 9.17) is 14.2 Å². The summed E-state index contributed by atoms with van der Waals surface area (Å²) in [6.45, 7) is 1.92. The zero-order valence-electron chi connectivity index (χ0n) is 11.4. The Morgan fingerprint density at radius 1 is 1.25 bits per heavy atom. The van der Waals surface area contributed by atoms with Gasteiger partial charge in [-0.2, -0.15) is 0 Å². The quantitative estimate of drug-likeness (QED) is 0.792. The summed E-state index contributed by atoms with van der Waals surface area (Å²) in [6.07, 6.45) is 5.53. The molecule has 0 atom stereocenters. The average molecular weight is 275 g/mol. The van der Waals surface area contributed by atoms with Crippen LogP contribution < -0.4 is 14.2 Å². The normalized spacial score (nSPS) is 16.9. The summed E-state index contributed by atoms with van der Waals surface area (Å²) in [4.78, 5) is 13.9. The van der Waals surface area contributed by atoms with Crippen LogP contribution in [0, 0.1) is 0 Å². The molecule has 20 heavy (non-hydrogen) atoms. The summed E-state index contributed by atoms with van der Waals surface area (Å²) >= 11 is 0. The topological polar surface area (TPSA) is 48.0 Å². The number of carbonyl (C=O) groups is 1. The van der Waals surface area contributed by atoms with Gasteiger partial charge < -0.3 is 19.1 Å². The zero-order chi connectivity index (χ0) is 13.9. The second-order valence-corrected chi connectivity index (χ2v) is 4.81. The van der Waals surface area contributed by atoms with Crippen LogP contribution in [-0.2, 0) is 4.79 Å². The summed E-state index contributed by atoms with van der Waals surface area (Å²) < 4.78 is 16.0. The maximum absolute atomic E-state index is 12.0. The third kappa shape index (κ3) is 2.43. The lowest BCUT2D eigenvalue weighted by molar-refractivity contribution is -0.124. The van der Waals surface area contributed by atoms with Crippen LogP contribution in [0.25, 0.3) is 6.08 Å². The lowest BCUT2D eigenvalue weighted by atomic mass is 10.1. The Labute approximate surface area is 117 Å². The Morgan fingerprint density at radius 2 is 1.95 bits per heavy atom. The predicted molar refractivity (Wildman–Crippen MR) is 74.0 cm³/mol. The molecule has 0 N–H and O–H groups in total. The van der Waals surface area contributed by atoms with Crippen molar-refractivity contribution in [3.63, 3.8) is 0 Å². The summed E-state index contributed by atoms with van der Waals surface area (Å²) in [5.41, 5.74) is 0.810. The second kappa shape index (κ2) is 5.45. The molecule has 5 nitrogen and oxygen atoms in total. The van der Waals surface area contributed by atoms with Crippen molar-refractivity contribution in [2.45, 2.75) is 12.8 Å². The molecule has 5 heteroatoms. The van der Waals surface area contributed by atoms with Gasteiger partial charge in [0, 0.05) is 30.8 Å². The summed E-state index contributed by atoms with van der Waals surface area (Å²) in [5, 5.41) is 0. The van der Waals surface area contributed by atoms with Crippen LogP contribution in [0.15, 0.2) is 18.2 Å². The third-order valence-corrected chi connectivity index (χ3v) is 3.55. The van der Waals surface area contributed by atoms with Crippen molar-refractivity contribution in [1.29, 1.82) is 0 Å². The smallest absolute Gasteiger partial charge is 0.246 e. The predicted octanol–water partition coefficient (Wildman–Crippen LogP) is 2.06. The number of hydrogen-bond donors (Lipinski definition) is 0. The van der Waals surface area contributed by atoms with Crippen LogP contribution in [0.1, 0.15) is 18.4 Å². The van der Waals surface area contributed by atoms with E-state index >= 15 is 0 Å². The number of benzene rings is 1. The number of ether oxygens (including phenoxy) is 3. The maximum Gasteiger partial charge on any atom is 0.246 e. The number of rotatable bonds is 3. The van der Waals surface area contributed by atoms with Crippen molar-refractivity contribution in [3.8, 4) is 17.2 Å². The highest BCUT2D eigenvalue weighted by Crippen LogP contribution is 2.38. The molecule has 2 aliphatic rings. The first-order valence-electron chi connectivity index (χ1n) is 6.72. The fraction of sp³-hybridized carbons (Fsp3) is 0.400. The number of fused-ring (bicyclic) bond motifs is 1. The minimum atomic E-state index is 0.0437. The van der Waals surface area contributed by atoms with Crippen LogP contribution in [-0.4, -0.2) is 37.8 Å². The number of nitrogens with zero attached hydrogens (tertiary/aromatic N) is 1. The first-order chi connectivity index (χ1) is 9.78. The van der Waals surface area contributed by atoms with E-state index in [1.807, 2.05) is 11.0 Å². The minimum absolute atomic E-state index is 0.0437. The van der Waals surface area contributed by atoms with Crippen molar-refractivity contribution >= 4 is 12.0 Å². The Hall–Kier alpha value is -2.17. The van der Waals surface area contributed by atoms with Crippen LogP contribution in [0.5, 0.6) is 17.2 Å². The Kier molecular flexibility index (Phi) is 3.50. The molecule has 0 aromatic heterocycles. The first kappa shape index (κ1) is 12.8. The molecule has 0 unspecified atom stereocenters. The summed E-state index contributed by atoms with van der Waals surface area (Å²) in [7, 11) is 1.59. The van der Waals surface area contributed by atoms with Crippen LogP contribution in [0.2, 0.25) is 0 Å². The largest absolute Gasteiger partial charge is 0.496 e. The number of methoxy groups -OCH3 is 1. The molecule has 0 saturated carbocycles. The molecule has 0 bridgehead atoms. The highest BCUT2D eigenvalue weighted by atomic mass is 16.7. The van der Waals surface area contributed by atoms with E-state index in [0.717, 1.165) is 31.5 Å². The van der Waals surface area contributed by atoms with E-state index in [9.17, 15) is 4.79 Å². The Balaban J connectivity index is 1.80. The standard InChI is InChI=1S/C15H17NO4/c1-18-12-9-14-13(19-10-20-14)8-11(12)4-5-15(17)16-6-2-3-7-16/h4-5,8-9H,2-3,6-7,10H2,1H3. The molecular formula is C15H17NO4. The second-order valence-electron chi connectivity index (χ2n) is 4.81. The maximum atomic E-state index is 12.0. The lowest BCUT2D eigenvalue weighted by Crippen LogP contribution is -2.25. The van der Waals surface area contributed by atoms with Gasteiger partial charge in [-0.05, 0) is 25.0 Å². The zero-order valence-corrected chi connectivity index (χ0v) is 11.4. The molecule has 0 aliphatic carbocycles. The van der Waals surface area contributed by atoms with E-state index in [1.54, 1.807) is 25.3 Å². The van der Waals surface area contributed by atoms with Crippen molar-refractivity contribution in [2.24, 2.45) is 0 Å². The van der Waals surface area contributed by atoms with Crippen molar-refractivity contribution in [1.82, 2.24) is 4.90 Å². The van der Waals surface area contributed by atoms with Gasteiger partial charge in [-0.3, -0.25) is 4.79 Å². The Morgan fingerprint density at radius 3 is 2.65 bits per heavy atom. The average Bonchev–Trinajstić information content (AvgIpc) is 3.13. The first-order valence-corrected chi connectivity index (χ1v) is 6.72. The van der Waals surface area contributed by atoms with Gasteiger partial charge in [-0.15, -0.1) is 0 Å². The van der Waals surface area contributed by atoms with Crippen molar-refractivity contribution < 1.29 is 19.0 Å². The van der Waals surface area contributed by atoms with Gasteiger partial charge in [0.1, 0.15) is 5.75 Å². The fourth-order valence-electron chi connectivity index (χ4n) is 2.45. The van der Waals surface area contributed by atoms with Gasteiger partial charge in [0.15, 0.2) is 11.5 Å². The lowest BCUT2D eigenvalue weighted by Gasteiger charge is -2.12. The molecule has 1 aromatic rings. The Bertz CT molecular complexity index is 547. The molecule has 0 spiro atoms. The van der Waals surface area contributed by atoms with Crippen molar-refractivity contribution in [2.75, 3.05) is 27.0 Å². The minimum Gasteiger partial charge on any atom is -0.496 e. The van der Waals surface area contributed by atoms with Gasteiger partial charge in [0.2, 0.25) is 12.7 Å². The molecule has 1 amide bonds. The third-order valence-electron chi connectivity index (χ3n) is 3.55. The highest BCUT2D eigenvalue weighted by molar-refractivity contribution is 5.92. The molecule has 1 aromatic carbocycles. The molecule has 1 saturated heterocycles.